The Morgan fingerprint density at radius 2 is 1.76 bits per heavy atom. The van der Waals surface area contributed by atoms with Crippen LogP contribution in [-0.2, 0) is 44.6 Å². The van der Waals surface area contributed by atoms with Crippen LogP contribution in [0.15, 0.2) is 35.7 Å². The van der Waals surface area contributed by atoms with Crippen LogP contribution < -0.4 is 10.6 Å². The van der Waals surface area contributed by atoms with E-state index in [1.54, 1.807) is 48.5 Å². The number of nitrogens with zero attached hydrogens (tertiary/aromatic N) is 3. The normalized spacial score (nSPS) is 16.6. The Balaban J connectivity index is 1.63. The summed E-state index contributed by atoms with van der Waals surface area (Å²) in [6.45, 7) is 15.3. The van der Waals surface area contributed by atoms with E-state index in [0.717, 1.165) is 44.2 Å². The van der Waals surface area contributed by atoms with Crippen LogP contribution in [0.4, 0.5) is 5.69 Å². The molecule has 3 N–H and O–H groups in total. The average Bonchev–Trinajstić information content (AvgIpc) is 3.77. The van der Waals surface area contributed by atoms with Crippen molar-refractivity contribution in [3.05, 3.63) is 52.0 Å². The average molecular weight is 940 g/mol. The molecule has 0 unspecified atom stereocenters. The van der Waals surface area contributed by atoms with Gasteiger partial charge in [-0.15, -0.1) is 11.3 Å². The van der Waals surface area contributed by atoms with E-state index in [1.165, 1.54) is 24.3 Å². The first-order valence-corrected chi connectivity index (χ1v) is 24.7. The predicted octanol–water partition coefficient (Wildman–Crippen LogP) is 7.86. The van der Waals surface area contributed by atoms with Crippen molar-refractivity contribution in [2.75, 3.05) is 52.4 Å². The topological polar surface area (TPSA) is 194 Å². The number of aromatic nitrogens is 1. The molecule has 0 saturated carbocycles. The van der Waals surface area contributed by atoms with Crippen molar-refractivity contribution in [2.45, 2.75) is 150 Å². The lowest BCUT2D eigenvalue weighted by Gasteiger charge is -2.37. The van der Waals surface area contributed by atoms with Crippen LogP contribution >= 0.6 is 11.3 Å². The smallest absolute Gasteiger partial charge is 0.303 e. The van der Waals surface area contributed by atoms with Crippen molar-refractivity contribution in [2.24, 2.45) is 17.8 Å². The highest BCUT2D eigenvalue weighted by Gasteiger charge is 2.37. The third kappa shape index (κ3) is 18.6. The Hall–Kier alpha value is -4.51. The van der Waals surface area contributed by atoms with Gasteiger partial charge in [-0.05, 0) is 88.2 Å². The number of nitrogens with one attached hydrogen (secondary N) is 2. The summed E-state index contributed by atoms with van der Waals surface area (Å²) in [5, 5.41) is 18.5. The molecule has 1 aromatic carbocycles. The van der Waals surface area contributed by atoms with Crippen LogP contribution in [0.3, 0.4) is 0 Å². The van der Waals surface area contributed by atoms with Crippen molar-refractivity contribution in [3.63, 3.8) is 0 Å². The summed E-state index contributed by atoms with van der Waals surface area (Å²) < 4.78 is 16.8. The molecule has 0 bridgehead atoms. The number of piperidine rings is 1. The Kier molecular flexibility index (Phi) is 24.8. The maximum atomic E-state index is 14.3. The molecule has 1 aliphatic rings. The number of thiazole rings is 1. The van der Waals surface area contributed by atoms with E-state index < -0.39 is 23.9 Å². The quantitative estimate of drug-likeness (QED) is 0.0298. The fourth-order valence-electron chi connectivity index (χ4n) is 8.36. The number of rotatable bonds is 30. The zero-order valence-electron chi connectivity index (χ0n) is 40.9. The SMILES string of the molecule is C/C=C/C(=O)CCCOCCOCCC(=O)Nc1cc(C[C@@H](CCC)NC(=O)c2csc([C@@H](C[C@H](C(C)C)N(C)C(=O)[C@@H](CC(=O)[C@H]3CCCCN3C)[C@@H](C)CC)OC(C)=O)n2)ccc1O. The zero-order valence-corrected chi connectivity index (χ0v) is 41.7. The molecule has 0 radical (unpaired) electrons. The largest absolute Gasteiger partial charge is 0.506 e. The molecule has 2 aromatic rings. The molecule has 0 spiro atoms. The fraction of sp³-hybridized carbons (Fsp3) is 0.660. The molecule has 15 nitrogen and oxygen atoms in total. The zero-order chi connectivity index (χ0) is 48.8. The number of carbonyl (C=O) groups excluding carboxylic acids is 6. The number of anilines is 1. The molecule has 6 atom stereocenters. The van der Waals surface area contributed by atoms with Crippen molar-refractivity contribution in [3.8, 4) is 5.75 Å². The summed E-state index contributed by atoms with van der Waals surface area (Å²) in [4.78, 5) is 86.9. The molecule has 1 aliphatic heterocycles. The number of ether oxygens (including phenoxy) is 3. The Bertz CT molecular complexity index is 1900. The number of ketones is 2. The second kappa shape index (κ2) is 29.3. The number of hydrogen-bond donors (Lipinski definition) is 3. The third-order valence-corrected chi connectivity index (χ3v) is 13.3. The van der Waals surface area contributed by atoms with E-state index in [1.807, 2.05) is 41.7 Å². The predicted molar refractivity (Wildman–Crippen MR) is 257 cm³/mol. The number of allylic oxidation sites excluding steroid dienone is 2. The minimum absolute atomic E-state index is 0.0127. The molecule has 16 heteroatoms. The Morgan fingerprint density at radius 3 is 2.41 bits per heavy atom. The van der Waals surface area contributed by atoms with E-state index in [0.29, 0.717) is 50.5 Å². The number of likely N-dealkylation sites (N-methyl/N-ethyl adjacent to an activating group) is 1. The third-order valence-electron chi connectivity index (χ3n) is 12.3. The van der Waals surface area contributed by atoms with Crippen molar-refractivity contribution < 1.29 is 48.1 Å². The van der Waals surface area contributed by atoms with Gasteiger partial charge in [0.25, 0.3) is 5.91 Å². The fourth-order valence-corrected chi connectivity index (χ4v) is 9.20. The Morgan fingerprint density at radius 1 is 1.03 bits per heavy atom. The maximum absolute atomic E-state index is 14.3. The number of esters is 1. The molecule has 2 heterocycles. The van der Waals surface area contributed by atoms with Crippen LogP contribution in [0, 0.1) is 17.8 Å². The lowest BCUT2D eigenvalue weighted by Crippen LogP contribution is -2.48. The molecule has 1 aromatic heterocycles. The van der Waals surface area contributed by atoms with Crippen molar-refractivity contribution >= 4 is 52.3 Å². The number of aromatic hydroxyl groups is 1. The summed E-state index contributed by atoms with van der Waals surface area (Å²) in [6, 6.07) is 4.10. The van der Waals surface area contributed by atoms with Crippen LogP contribution in [0.2, 0.25) is 0 Å². The molecule has 3 amide bonds. The van der Waals surface area contributed by atoms with E-state index in [9.17, 15) is 33.9 Å². The van der Waals surface area contributed by atoms with Gasteiger partial charge in [0.1, 0.15) is 16.5 Å². The first kappa shape index (κ1) is 55.8. The summed E-state index contributed by atoms with van der Waals surface area (Å²) in [6.07, 6.45) is 9.44. The number of benzene rings is 1. The monoisotopic (exact) mass is 940 g/mol. The molecule has 3 rings (SSSR count). The summed E-state index contributed by atoms with van der Waals surface area (Å²) in [5.74, 6) is -1.80. The minimum Gasteiger partial charge on any atom is -0.506 e. The lowest BCUT2D eigenvalue weighted by atomic mass is 9.83. The van der Waals surface area contributed by atoms with Crippen LogP contribution in [0.1, 0.15) is 146 Å². The number of carbonyl (C=O) groups is 6. The number of hydrogen-bond acceptors (Lipinski definition) is 13. The maximum Gasteiger partial charge on any atom is 0.303 e. The number of phenolic OH excluding ortho intramolecular Hbond substituents is 1. The van der Waals surface area contributed by atoms with Crippen LogP contribution in [0.5, 0.6) is 5.75 Å². The number of phenols is 1. The van der Waals surface area contributed by atoms with Gasteiger partial charge in [-0.2, -0.15) is 0 Å². The van der Waals surface area contributed by atoms with Gasteiger partial charge in [-0.1, -0.05) is 66.0 Å². The first-order valence-electron chi connectivity index (χ1n) is 23.8. The van der Waals surface area contributed by atoms with E-state index in [4.69, 9.17) is 14.2 Å². The molecular formula is C50H77N5O10S. The van der Waals surface area contributed by atoms with Gasteiger partial charge in [0.05, 0.1) is 38.0 Å². The van der Waals surface area contributed by atoms with Gasteiger partial charge in [0, 0.05) is 63.2 Å². The lowest BCUT2D eigenvalue weighted by molar-refractivity contribution is -0.149. The van der Waals surface area contributed by atoms with Gasteiger partial charge in [-0.25, -0.2) is 4.98 Å². The van der Waals surface area contributed by atoms with Crippen LogP contribution in [-0.4, -0.2) is 120 Å². The highest BCUT2D eigenvalue weighted by molar-refractivity contribution is 7.09. The summed E-state index contributed by atoms with van der Waals surface area (Å²) in [7, 11) is 3.75. The van der Waals surface area contributed by atoms with Crippen molar-refractivity contribution in [1.29, 1.82) is 0 Å². The molecule has 1 saturated heterocycles. The van der Waals surface area contributed by atoms with E-state index in [2.05, 4.69) is 20.5 Å². The first-order chi connectivity index (χ1) is 31.5. The second-order valence-electron chi connectivity index (χ2n) is 17.9. The van der Waals surface area contributed by atoms with Crippen LogP contribution in [0.25, 0.3) is 0 Å². The number of Topliss-reactive ketones (excluding diaryl/α,β-unsaturated/α-hetero) is 1. The number of amides is 3. The van der Waals surface area contributed by atoms with Gasteiger partial charge in [0.2, 0.25) is 11.8 Å². The summed E-state index contributed by atoms with van der Waals surface area (Å²) in [5.41, 5.74) is 1.21. The standard InChI is InChI=1S/C50H77N5O10S/c1-10-16-37(28-36-20-21-44(58)40(29-36)52-47(60)22-25-64-27-26-63-24-15-18-38(57)17-11-2)51-48(61)41-32-66-49(53-41)46(65-35(7)56)31-43(33(4)5)55(9)50(62)39(34(6)12-3)30-45(59)42-19-13-14-23-54(42)8/h11,17,20-21,29,32-34,37,39,42-43,46,58H,10,12-16,18-19,22-28,30-31H2,1-9H3,(H,51,61)(H,52,60)/b17-11+/t34-,37+,39-,42+,43+,46+/m0/s1. The highest BCUT2D eigenvalue weighted by atomic mass is 32.1. The molecular weight excluding hydrogens is 863 g/mol. The number of likely N-dealkylation sites (tertiary alicyclic amines) is 1. The molecule has 1 fully saturated rings. The second-order valence-corrected chi connectivity index (χ2v) is 18.8. The molecule has 368 valence electrons. The summed E-state index contributed by atoms with van der Waals surface area (Å²) >= 11 is 1.21. The van der Waals surface area contributed by atoms with E-state index >= 15 is 0 Å². The highest BCUT2D eigenvalue weighted by Crippen LogP contribution is 2.33. The Labute approximate surface area is 396 Å². The van der Waals surface area contributed by atoms with Gasteiger partial charge < -0.3 is 34.9 Å². The van der Waals surface area contributed by atoms with Gasteiger partial charge in [-0.3, -0.25) is 33.7 Å². The molecule has 66 heavy (non-hydrogen) atoms. The van der Waals surface area contributed by atoms with E-state index in [-0.39, 0.29) is 96.3 Å². The van der Waals surface area contributed by atoms with Gasteiger partial charge >= 0.3 is 5.97 Å². The van der Waals surface area contributed by atoms with Crippen molar-refractivity contribution in [1.82, 2.24) is 20.1 Å². The minimum atomic E-state index is -0.823. The van der Waals surface area contributed by atoms with Gasteiger partial charge in [0.15, 0.2) is 17.7 Å². The molecule has 0 aliphatic carbocycles.